The molecule has 0 spiro atoms. The first-order valence-electron chi connectivity index (χ1n) is 9.88. The molecule has 9 heteroatoms. The fraction of sp³-hybridized carbons (Fsp3) is 0.550. The maximum atomic E-state index is 14.7. The second-order valence-electron chi connectivity index (χ2n) is 7.64. The minimum Gasteiger partial charge on any atom is -0.348 e. The van der Waals surface area contributed by atoms with Crippen molar-refractivity contribution in [3.63, 3.8) is 0 Å². The highest BCUT2D eigenvalue weighted by Gasteiger charge is 2.34. The number of urea groups is 1. The van der Waals surface area contributed by atoms with Crippen molar-refractivity contribution in [2.75, 3.05) is 6.54 Å². The van der Waals surface area contributed by atoms with E-state index in [1.54, 1.807) is 0 Å². The summed E-state index contributed by atoms with van der Waals surface area (Å²) in [5, 5.41) is 7.30. The molecule has 158 valence electrons. The van der Waals surface area contributed by atoms with Gasteiger partial charge in [0.05, 0.1) is 17.0 Å². The maximum Gasteiger partial charge on any atom is 0.321 e. The fourth-order valence-electron chi connectivity index (χ4n) is 4.10. The largest absolute Gasteiger partial charge is 0.348 e. The van der Waals surface area contributed by atoms with E-state index in [1.807, 2.05) is 0 Å². The van der Waals surface area contributed by atoms with Crippen molar-refractivity contribution >= 4 is 29.4 Å². The third-order valence-corrected chi connectivity index (χ3v) is 5.94. The van der Waals surface area contributed by atoms with Crippen LogP contribution in [-0.2, 0) is 9.59 Å². The molecule has 1 aliphatic heterocycles. The van der Waals surface area contributed by atoms with Gasteiger partial charge in [0.25, 0.3) is 0 Å². The van der Waals surface area contributed by atoms with Crippen LogP contribution in [0.1, 0.15) is 56.6 Å². The zero-order chi connectivity index (χ0) is 21.0. The molecule has 29 heavy (non-hydrogen) atoms. The van der Waals surface area contributed by atoms with Crippen LogP contribution in [0.15, 0.2) is 12.1 Å². The minimum atomic E-state index is -0.860. The molecule has 1 saturated carbocycles. The molecule has 4 amide bonds. The van der Waals surface area contributed by atoms with Crippen molar-refractivity contribution in [1.29, 1.82) is 0 Å². The molecule has 0 radical (unpaired) electrons. The van der Waals surface area contributed by atoms with Gasteiger partial charge in [-0.2, -0.15) is 0 Å². The summed E-state index contributed by atoms with van der Waals surface area (Å²) in [7, 11) is 0. The molecule has 1 saturated heterocycles. The lowest BCUT2D eigenvalue weighted by molar-refractivity contribution is -0.126. The molecule has 2 fully saturated rings. The second-order valence-corrected chi connectivity index (χ2v) is 8.04. The number of carbonyl (C=O) groups excluding carboxylic acids is 3. The first kappa shape index (κ1) is 21.5. The van der Waals surface area contributed by atoms with Crippen molar-refractivity contribution in [2.24, 2.45) is 11.8 Å². The zero-order valence-corrected chi connectivity index (χ0v) is 16.7. The molecular weight excluding hydrogens is 404 g/mol. The Balaban J connectivity index is 1.82. The number of imide groups is 1. The number of hydrogen-bond acceptors (Lipinski definition) is 3. The van der Waals surface area contributed by atoms with Gasteiger partial charge in [-0.3, -0.25) is 14.9 Å². The van der Waals surface area contributed by atoms with Crippen molar-refractivity contribution in [2.45, 2.75) is 51.0 Å². The molecule has 2 aliphatic rings. The lowest BCUT2D eigenvalue weighted by atomic mass is 9.89. The molecule has 2 atom stereocenters. The summed E-state index contributed by atoms with van der Waals surface area (Å²) >= 11 is 5.87. The Hall–Kier alpha value is -2.22. The highest BCUT2D eigenvalue weighted by molar-refractivity contribution is 6.30. The second kappa shape index (κ2) is 9.52. The molecule has 0 bridgehead atoms. The van der Waals surface area contributed by atoms with E-state index in [9.17, 15) is 23.2 Å². The monoisotopic (exact) mass is 427 g/mol. The molecule has 0 aromatic heterocycles. The van der Waals surface area contributed by atoms with E-state index in [0.29, 0.717) is 12.8 Å². The predicted octanol–water partition coefficient (Wildman–Crippen LogP) is 3.59. The van der Waals surface area contributed by atoms with Crippen molar-refractivity contribution < 1.29 is 23.2 Å². The number of carbonyl (C=O) groups is 3. The van der Waals surface area contributed by atoms with Gasteiger partial charge in [-0.15, -0.1) is 0 Å². The van der Waals surface area contributed by atoms with Gasteiger partial charge in [0.15, 0.2) is 0 Å². The number of benzene rings is 1. The van der Waals surface area contributed by atoms with Crippen LogP contribution in [0, 0.1) is 23.5 Å². The molecule has 3 N–H and O–H groups in total. The van der Waals surface area contributed by atoms with E-state index in [0.717, 1.165) is 37.8 Å². The molecule has 1 aromatic rings. The molecule has 3 rings (SSSR count). The summed E-state index contributed by atoms with van der Waals surface area (Å²) in [5.41, 5.74) is -0.221. The topological polar surface area (TPSA) is 87.3 Å². The van der Waals surface area contributed by atoms with Crippen LogP contribution < -0.4 is 16.0 Å². The first-order chi connectivity index (χ1) is 13.9. The number of halogens is 3. The lowest BCUT2D eigenvalue weighted by Gasteiger charge is -2.28. The van der Waals surface area contributed by atoms with E-state index in [1.165, 1.54) is 0 Å². The molecular formula is C20H24ClF2N3O3. The summed E-state index contributed by atoms with van der Waals surface area (Å²) in [6.07, 6.45) is 4.26. The van der Waals surface area contributed by atoms with Crippen LogP contribution in [-0.4, -0.2) is 24.4 Å². The summed E-state index contributed by atoms with van der Waals surface area (Å²) in [6.45, 7) is 0.0306. The van der Waals surface area contributed by atoms with Gasteiger partial charge in [0.2, 0.25) is 11.8 Å². The normalized spacial score (nSPS) is 22.1. The van der Waals surface area contributed by atoms with Gasteiger partial charge in [-0.25, -0.2) is 13.6 Å². The van der Waals surface area contributed by atoms with E-state index < -0.39 is 41.4 Å². The molecule has 1 aliphatic carbocycles. The Morgan fingerprint density at radius 3 is 2.59 bits per heavy atom. The minimum absolute atomic E-state index is 0.0306. The van der Waals surface area contributed by atoms with Crippen molar-refractivity contribution in [1.82, 2.24) is 16.0 Å². The van der Waals surface area contributed by atoms with Gasteiger partial charge in [-0.05, 0) is 43.7 Å². The third-order valence-electron chi connectivity index (χ3n) is 5.65. The Bertz CT molecular complexity index is 799. The van der Waals surface area contributed by atoms with Gasteiger partial charge in [0, 0.05) is 18.5 Å². The van der Waals surface area contributed by atoms with Gasteiger partial charge < -0.3 is 10.6 Å². The van der Waals surface area contributed by atoms with Crippen molar-refractivity contribution in [3.05, 3.63) is 34.4 Å². The van der Waals surface area contributed by atoms with Gasteiger partial charge in [-0.1, -0.05) is 24.4 Å². The third kappa shape index (κ3) is 5.23. The van der Waals surface area contributed by atoms with E-state index in [2.05, 4.69) is 16.0 Å². The number of rotatable bonds is 4. The van der Waals surface area contributed by atoms with Gasteiger partial charge in [0.1, 0.15) is 11.6 Å². The summed E-state index contributed by atoms with van der Waals surface area (Å²) in [4.78, 5) is 36.2. The average molecular weight is 428 g/mol. The Labute approximate surface area is 172 Å². The highest BCUT2D eigenvalue weighted by Crippen LogP contribution is 2.39. The standard InChI is InChI=1S/C20H24ClF2N3O3/c21-13-8-9-14(22)16(17(13)23)18(11-4-1-2-5-11)26-19(28)12-6-3-7-15(27)25-20(29)24-10-12/h8-9,11-12,18H,1-7,10H2,(H,26,28)(H2,24,25,27,29)/t12-,18?/m0/s1. The predicted molar refractivity (Wildman–Crippen MR) is 103 cm³/mol. The van der Waals surface area contributed by atoms with Crippen molar-refractivity contribution in [3.8, 4) is 0 Å². The summed E-state index contributed by atoms with van der Waals surface area (Å²) in [5.74, 6) is -3.13. The lowest BCUT2D eigenvalue weighted by Crippen LogP contribution is -2.44. The Morgan fingerprint density at radius 1 is 1.14 bits per heavy atom. The number of nitrogens with one attached hydrogen (secondary N) is 3. The number of amides is 4. The van der Waals surface area contributed by atoms with Crippen LogP contribution in [0.25, 0.3) is 0 Å². The van der Waals surface area contributed by atoms with E-state index >= 15 is 0 Å². The molecule has 1 aromatic carbocycles. The molecule has 1 heterocycles. The summed E-state index contributed by atoms with van der Waals surface area (Å²) < 4.78 is 29.2. The van der Waals surface area contributed by atoms with E-state index in [-0.39, 0.29) is 29.5 Å². The summed E-state index contributed by atoms with van der Waals surface area (Å²) in [6, 6.07) is 0.758. The van der Waals surface area contributed by atoms with E-state index in [4.69, 9.17) is 11.6 Å². The Morgan fingerprint density at radius 2 is 1.86 bits per heavy atom. The molecule has 1 unspecified atom stereocenters. The Kier molecular flexibility index (Phi) is 7.05. The highest BCUT2D eigenvalue weighted by atomic mass is 35.5. The van der Waals surface area contributed by atoms with Crippen LogP contribution in [0.2, 0.25) is 5.02 Å². The average Bonchev–Trinajstić information content (AvgIpc) is 3.22. The first-order valence-corrected chi connectivity index (χ1v) is 10.3. The maximum absolute atomic E-state index is 14.7. The number of hydrogen-bond donors (Lipinski definition) is 3. The van der Waals surface area contributed by atoms with Crippen LogP contribution in [0.3, 0.4) is 0 Å². The van der Waals surface area contributed by atoms with Crippen LogP contribution in [0.5, 0.6) is 0 Å². The zero-order valence-electron chi connectivity index (χ0n) is 15.9. The smallest absolute Gasteiger partial charge is 0.321 e. The van der Waals surface area contributed by atoms with Crippen LogP contribution in [0.4, 0.5) is 13.6 Å². The van der Waals surface area contributed by atoms with Crippen LogP contribution >= 0.6 is 11.6 Å². The SMILES string of the molecule is O=C1CCC[C@H](C(=O)NC(c2c(F)ccc(Cl)c2F)C2CCCC2)CNC(=O)N1. The molecule has 6 nitrogen and oxygen atoms in total. The van der Waals surface area contributed by atoms with Gasteiger partial charge >= 0.3 is 6.03 Å². The quantitative estimate of drug-likeness (QED) is 0.642. The fourth-order valence-corrected chi connectivity index (χ4v) is 4.26.